The molecule has 2 rings (SSSR count). The summed E-state index contributed by atoms with van der Waals surface area (Å²) in [6.07, 6.45) is 1.76. The third-order valence-electron chi connectivity index (χ3n) is 2.03. The van der Waals surface area contributed by atoms with E-state index in [-0.39, 0.29) is 6.03 Å². The Morgan fingerprint density at radius 3 is 2.64 bits per heavy atom. The van der Waals surface area contributed by atoms with E-state index in [1.807, 2.05) is 30.3 Å². The first-order valence-electron chi connectivity index (χ1n) is 4.34. The maximum atomic E-state index is 11.3. The van der Waals surface area contributed by atoms with Crippen LogP contribution in [0.25, 0.3) is 5.70 Å². The summed E-state index contributed by atoms with van der Waals surface area (Å²) in [6.45, 7) is 2.84. The van der Waals surface area contributed by atoms with Gasteiger partial charge in [-0.3, -0.25) is 0 Å². The molecule has 14 heavy (non-hydrogen) atoms. The molecule has 1 N–H and O–H groups in total. The normalized spacial score (nSPS) is 16.2. The Labute approximate surface area is 83.0 Å². The second kappa shape index (κ2) is 3.54. The molecule has 0 bridgehead atoms. The van der Waals surface area contributed by atoms with Gasteiger partial charge in [0.05, 0.1) is 0 Å². The molecule has 1 aromatic rings. The van der Waals surface area contributed by atoms with E-state index in [4.69, 9.17) is 0 Å². The molecule has 1 aromatic carbocycles. The SMILES string of the molecule is CN1[C]C=C(c2ccccc2)NC1=O. The third kappa shape index (κ3) is 1.62. The van der Waals surface area contributed by atoms with E-state index >= 15 is 0 Å². The van der Waals surface area contributed by atoms with Gasteiger partial charge in [0, 0.05) is 12.7 Å². The van der Waals surface area contributed by atoms with Gasteiger partial charge in [-0.05, 0) is 11.6 Å². The van der Waals surface area contributed by atoms with E-state index in [2.05, 4.69) is 11.9 Å². The average Bonchev–Trinajstić information content (AvgIpc) is 2.23. The molecule has 0 saturated heterocycles. The fraction of sp³-hybridized carbons (Fsp3) is 0.0909. The minimum atomic E-state index is -0.161. The van der Waals surface area contributed by atoms with Gasteiger partial charge in [-0.25, -0.2) is 4.79 Å². The van der Waals surface area contributed by atoms with Crippen LogP contribution in [-0.4, -0.2) is 18.0 Å². The molecule has 2 amide bonds. The lowest BCUT2D eigenvalue weighted by molar-refractivity contribution is 0.222. The predicted octanol–water partition coefficient (Wildman–Crippen LogP) is 1.72. The fourth-order valence-corrected chi connectivity index (χ4v) is 1.23. The number of hydrogen-bond acceptors (Lipinski definition) is 1. The number of benzene rings is 1. The fourth-order valence-electron chi connectivity index (χ4n) is 1.23. The lowest BCUT2D eigenvalue weighted by atomic mass is 10.1. The number of amides is 2. The molecule has 0 aliphatic carbocycles. The molecule has 3 nitrogen and oxygen atoms in total. The van der Waals surface area contributed by atoms with Gasteiger partial charge in [0.2, 0.25) is 0 Å². The van der Waals surface area contributed by atoms with E-state index in [0.717, 1.165) is 11.3 Å². The molecule has 1 aliphatic heterocycles. The lowest BCUT2D eigenvalue weighted by Gasteiger charge is -2.22. The first-order chi connectivity index (χ1) is 6.77. The van der Waals surface area contributed by atoms with Crippen LogP contribution in [0.15, 0.2) is 36.4 Å². The van der Waals surface area contributed by atoms with Crippen LogP contribution in [0.3, 0.4) is 0 Å². The number of hydrogen-bond donors (Lipinski definition) is 1. The summed E-state index contributed by atoms with van der Waals surface area (Å²) in [6, 6.07) is 9.53. The molecule has 0 aromatic heterocycles. The van der Waals surface area contributed by atoms with E-state index < -0.39 is 0 Å². The number of nitrogens with zero attached hydrogens (tertiary/aromatic N) is 1. The number of urea groups is 1. The summed E-state index contributed by atoms with van der Waals surface area (Å²) in [4.78, 5) is 12.7. The second-order valence-electron chi connectivity index (χ2n) is 3.04. The van der Waals surface area contributed by atoms with Gasteiger partial charge in [0.1, 0.15) is 6.54 Å². The van der Waals surface area contributed by atoms with Crippen LogP contribution >= 0.6 is 0 Å². The smallest absolute Gasteiger partial charge is 0.313 e. The van der Waals surface area contributed by atoms with Crippen LogP contribution < -0.4 is 5.32 Å². The number of likely N-dealkylation sites (N-methyl/N-ethyl adjacent to an activating group) is 1. The monoisotopic (exact) mass is 186 g/mol. The predicted molar refractivity (Wildman–Crippen MR) is 54.0 cm³/mol. The van der Waals surface area contributed by atoms with Crippen molar-refractivity contribution in [2.75, 3.05) is 7.05 Å². The maximum absolute atomic E-state index is 11.3. The Morgan fingerprint density at radius 1 is 1.29 bits per heavy atom. The topological polar surface area (TPSA) is 32.3 Å². The highest BCUT2D eigenvalue weighted by Gasteiger charge is 2.16. The van der Waals surface area contributed by atoms with Crippen LogP contribution in [0.2, 0.25) is 0 Å². The van der Waals surface area contributed by atoms with Crippen molar-refractivity contribution in [3.8, 4) is 0 Å². The quantitative estimate of drug-likeness (QED) is 0.711. The summed E-state index contributed by atoms with van der Waals surface area (Å²) < 4.78 is 0. The summed E-state index contributed by atoms with van der Waals surface area (Å²) in [5.74, 6) is 0. The van der Waals surface area contributed by atoms with Gasteiger partial charge < -0.3 is 10.2 Å². The first-order valence-corrected chi connectivity index (χ1v) is 4.34. The van der Waals surface area contributed by atoms with Crippen LogP contribution in [0.4, 0.5) is 4.79 Å². The van der Waals surface area contributed by atoms with Crippen LogP contribution in [0.1, 0.15) is 5.56 Å². The molecule has 0 fully saturated rings. The molecule has 2 radical (unpaired) electrons. The van der Waals surface area contributed by atoms with Gasteiger partial charge >= 0.3 is 6.03 Å². The van der Waals surface area contributed by atoms with Crippen molar-refractivity contribution in [3.63, 3.8) is 0 Å². The van der Waals surface area contributed by atoms with Crippen LogP contribution in [-0.2, 0) is 0 Å². The molecular weight excluding hydrogens is 176 g/mol. The molecule has 3 heteroatoms. The Balaban J connectivity index is 2.25. The second-order valence-corrected chi connectivity index (χ2v) is 3.04. The van der Waals surface area contributed by atoms with Gasteiger partial charge in [-0.15, -0.1) is 0 Å². The van der Waals surface area contributed by atoms with Gasteiger partial charge in [-0.2, -0.15) is 0 Å². The standard InChI is InChI=1S/C11H10N2O/c1-13-8-7-10(12-11(13)14)9-5-3-2-4-6-9/h2-7H,1H3,(H,12,14). The number of carbonyl (C=O) groups excluding carboxylic acids is 1. The van der Waals surface area contributed by atoms with Gasteiger partial charge in [0.25, 0.3) is 0 Å². The van der Waals surface area contributed by atoms with E-state index in [0.29, 0.717) is 0 Å². The zero-order chi connectivity index (χ0) is 9.97. The Morgan fingerprint density at radius 2 is 2.00 bits per heavy atom. The van der Waals surface area contributed by atoms with Crippen LogP contribution in [0.5, 0.6) is 0 Å². The van der Waals surface area contributed by atoms with Crippen molar-refractivity contribution in [2.45, 2.75) is 0 Å². The van der Waals surface area contributed by atoms with Crippen molar-refractivity contribution >= 4 is 11.7 Å². The average molecular weight is 186 g/mol. The molecule has 1 heterocycles. The highest BCUT2D eigenvalue weighted by molar-refractivity contribution is 5.88. The Hall–Kier alpha value is -1.77. The molecule has 0 saturated carbocycles. The van der Waals surface area contributed by atoms with Crippen molar-refractivity contribution in [1.82, 2.24) is 10.2 Å². The summed E-state index contributed by atoms with van der Waals surface area (Å²) in [5, 5.41) is 2.77. The van der Waals surface area contributed by atoms with Crippen molar-refractivity contribution in [1.29, 1.82) is 0 Å². The molecular formula is C11H10N2O. The molecule has 0 atom stereocenters. The Bertz CT molecular complexity index is 370. The first kappa shape index (κ1) is 8.81. The molecule has 70 valence electrons. The third-order valence-corrected chi connectivity index (χ3v) is 2.03. The highest BCUT2D eigenvalue weighted by atomic mass is 16.2. The summed E-state index contributed by atoms with van der Waals surface area (Å²) in [5.41, 5.74) is 1.77. The maximum Gasteiger partial charge on any atom is 0.322 e. The molecule has 0 unspecified atom stereocenters. The Kier molecular flexibility index (Phi) is 2.23. The van der Waals surface area contributed by atoms with Crippen molar-refractivity contribution < 1.29 is 4.79 Å². The van der Waals surface area contributed by atoms with Crippen molar-refractivity contribution in [3.05, 3.63) is 48.5 Å². The van der Waals surface area contributed by atoms with Gasteiger partial charge in [0.15, 0.2) is 0 Å². The van der Waals surface area contributed by atoms with Crippen molar-refractivity contribution in [2.24, 2.45) is 0 Å². The highest BCUT2D eigenvalue weighted by Crippen LogP contribution is 2.15. The lowest BCUT2D eigenvalue weighted by Crippen LogP contribution is -2.37. The summed E-state index contributed by atoms with van der Waals surface area (Å²) in [7, 11) is 1.66. The van der Waals surface area contributed by atoms with E-state index in [1.165, 1.54) is 4.90 Å². The van der Waals surface area contributed by atoms with E-state index in [9.17, 15) is 4.79 Å². The van der Waals surface area contributed by atoms with Crippen LogP contribution in [0, 0.1) is 6.54 Å². The zero-order valence-electron chi connectivity index (χ0n) is 7.82. The number of rotatable bonds is 1. The molecule has 1 aliphatic rings. The zero-order valence-corrected chi connectivity index (χ0v) is 7.82. The van der Waals surface area contributed by atoms with Gasteiger partial charge in [-0.1, -0.05) is 30.3 Å². The summed E-state index contributed by atoms with van der Waals surface area (Å²) >= 11 is 0. The minimum absolute atomic E-state index is 0.161. The largest absolute Gasteiger partial charge is 0.322 e. The molecule has 0 spiro atoms. The minimum Gasteiger partial charge on any atom is -0.313 e. The number of nitrogens with one attached hydrogen (secondary N) is 1. The van der Waals surface area contributed by atoms with E-state index in [1.54, 1.807) is 13.1 Å². The number of carbonyl (C=O) groups is 1.